The van der Waals surface area contributed by atoms with E-state index >= 15 is 0 Å². The Morgan fingerprint density at radius 2 is 2.04 bits per heavy atom. The number of esters is 1. The van der Waals surface area contributed by atoms with E-state index in [1.165, 1.54) is 10.4 Å². The average molecular weight is 365 g/mol. The number of carbonyl (C=O) groups is 2. The van der Waals surface area contributed by atoms with Crippen LogP contribution in [0.2, 0.25) is 0 Å². The molecular weight excluding hydrogens is 346 g/mol. The van der Waals surface area contributed by atoms with Gasteiger partial charge in [0.1, 0.15) is 6.61 Å². The van der Waals surface area contributed by atoms with E-state index in [0.29, 0.717) is 11.1 Å². The smallest absolute Gasteiger partial charge is 0.337 e. The fraction of sp³-hybridized carbons (Fsp3) is 0.238. The summed E-state index contributed by atoms with van der Waals surface area (Å²) < 4.78 is 5.25. The topological polar surface area (TPSA) is 55.4 Å². The summed E-state index contributed by atoms with van der Waals surface area (Å²) in [5.41, 5.74) is 5.04. The zero-order valence-electron chi connectivity index (χ0n) is 14.7. The molecule has 1 atom stereocenters. The highest BCUT2D eigenvalue weighted by Gasteiger charge is 2.41. The van der Waals surface area contributed by atoms with E-state index < -0.39 is 0 Å². The largest absolute Gasteiger partial charge is 0.456 e. The van der Waals surface area contributed by atoms with Crippen molar-refractivity contribution in [3.8, 4) is 0 Å². The lowest BCUT2D eigenvalue weighted by atomic mass is 9.79. The lowest BCUT2D eigenvalue weighted by Gasteiger charge is -2.27. The normalized spacial score (nSPS) is 19.3. The highest BCUT2D eigenvalue weighted by molar-refractivity contribution is 7.10. The molecule has 1 N–H and O–H groups in total. The van der Waals surface area contributed by atoms with Crippen LogP contribution in [0, 0.1) is 0 Å². The molecule has 26 heavy (non-hydrogen) atoms. The van der Waals surface area contributed by atoms with Gasteiger partial charge in [-0.25, -0.2) is 4.79 Å². The number of Topliss-reactive ketones (excluding diaryl/α,β-unsaturated/α-hetero) is 1. The fourth-order valence-corrected chi connectivity index (χ4v) is 4.73. The predicted molar refractivity (Wildman–Crippen MR) is 101 cm³/mol. The van der Waals surface area contributed by atoms with Gasteiger partial charge in [0.25, 0.3) is 0 Å². The highest BCUT2D eigenvalue weighted by atomic mass is 32.1. The summed E-state index contributed by atoms with van der Waals surface area (Å²) in [6.45, 7) is 3.69. The molecule has 5 heteroatoms. The van der Waals surface area contributed by atoms with E-state index in [-0.39, 0.29) is 24.3 Å². The van der Waals surface area contributed by atoms with Gasteiger partial charge >= 0.3 is 5.97 Å². The molecule has 1 aromatic heterocycles. The number of benzene rings is 1. The van der Waals surface area contributed by atoms with Crippen LogP contribution in [0.1, 0.15) is 35.8 Å². The molecular formula is C21H19NO3S. The van der Waals surface area contributed by atoms with Gasteiger partial charge in [-0.05, 0) is 36.4 Å². The van der Waals surface area contributed by atoms with Crippen molar-refractivity contribution in [1.29, 1.82) is 0 Å². The summed E-state index contributed by atoms with van der Waals surface area (Å²) in [4.78, 5) is 26.0. The van der Waals surface area contributed by atoms with E-state index in [0.717, 1.165) is 23.4 Å². The maximum atomic E-state index is 12.4. The maximum Gasteiger partial charge on any atom is 0.337 e. The third kappa shape index (κ3) is 2.78. The number of ether oxygens (including phenoxy) is 1. The fourth-order valence-electron chi connectivity index (χ4n) is 3.78. The molecule has 0 fully saturated rings. The van der Waals surface area contributed by atoms with Crippen LogP contribution in [0.5, 0.6) is 0 Å². The second kappa shape index (κ2) is 6.57. The molecule has 0 saturated carbocycles. The molecule has 132 valence electrons. The Morgan fingerprint density at radius 1 is 1.27 bits per heavy atom. The minimum atomic E-state index is -0.358. The molecule has 3 heterocycles. The first kappa shape index (κ1) is 16.8. The van der Waals surface area contributed by atoms with Gasteiger partial charge in [-0.1, -0.05) is 30.3 Å². The molecule has 2 aliphatic rings. The van der Waals surface area contributed by atoms with E-state index in [4.69, 9.17) is 4.74 Å². The maximum absolute atomic E-state index is 12.4. The summed E-state index contributed by atoms with van der Waals surface area (Å²) >= 11 is 1.66. The Hall–Kier alpha value is -2.66. The van der Waals surface area contributed by atoms with Gasteiger partial charge in [0.2, 0.25) is 0 Å². The van der Waals surface area contributed by atoms with Crippen LogP contribution in [0.15, 0.2) is 64.3 Å². The quantitative estimate of drug-likeness (QED) is 0.840. The number of hydrogen-bond donors (Lipinski definition) is 1. The number of allylic oxidation sites excluding steroid dienone is 2. The van der Waals surface area contributed by atoms with Crippen LogP contribution < -0.4 is 5.32 Å². The molecule has 1 unspecified atom stereocenters. The van der Waals surface area contributed by atoms with Crippen LogP contribution in [-0.4, -0.2) is 18.4 Å². The van der Waals surface area contributed by atoms with E-state index in [1.54, 1.807) is 18.3 Å². The van der Waals surface area contributed by atoms with Crippen molar-refractivity contribution in [2.75, 3.05) is 6.61 Å². The number of carbonyl (C=O) groups excluding carboxylic acids is 2. The summed E-state index contributed by atoms with van der Waals surface area (Å²) in [6, 6.07) is 12.3. The number of nitrogens with one attached hydrogen (secondary N) is 1. The van der Waals surface area contributed by atoms with Crippen molar-refractivity contribution in [2.45, 2.75) is 26.2 Å². The predicted octanol–water partition coefficient (Wildman–Crippen LogP) is 3.70. The highest BCUT2D eigenvalue weighted by Crippen LogP contribution is 2.43. The summed E-state index contributed by atoms with van der Waals surface area (Å²) in [6.07, 6.45) is 0.777. The zero-order valence-corrected chi connectivity index (χ0v) is 15.5. The third-order valence-corrected chi connectivity index (χ3v) is 5.83. The van der Waals surface area contributed by atoms with Gasteiger partial charge in [0.05, 0.1) is 11.3 Å². The number of ketones is 1. The van der Waals surface area contributed by atoms with E-state index in [1.807, 2.05) is 36.6 Å². The molecule has 0 amide bonds. The third-order valence-electron chi connectivity index (χ3n) is 4.89. The number of thiophene rings is 1. The SMILES string of the molecule is CC(=O)C1=C(C)NC2=C(C(=O)OC2)C1c1ccsc1Cc1ccccc1. The molecule has 1 aromatic carbocycles. The van der Waals surface area contributed by atoms with Crippen molar-refractivity contribution >= 4 is 23.1 Å². The van der Waals surface area contributed by atoms with E-state index in [2.05, 4.69) is 17.4 Å². The van der Waals surface area contributed by atoms with Gasteiger partial charge in [0.15, 0.2) is 5.78 Å². The summed E-state index contributed by atoms with van der Waals surface area (Å²) in [7, 11) is 0. The molecule has 0 spiro atoms. The lowest BCUT2D eigenvalue weighted by molar-refractivity contribution is -0.136. The van der Waals surface area contributed by atoms with Crippen molar-refractivity contribution in [1.82, 2.24) is 5.32 Å². The zero-order chi connectivity index (χ0) is 18.3. The monoisotopic (exact) mass is 365 g/mol. The van der Waals surface area contributed by atoms with Crippen molar-refractivity contribution in [3.63, 3.8) is 0 Å². The Balaban J connectivity index is 1.82. The minimum Gasteiger partial charge on any atom is -0.456 e. The van der Waals surface area contributed by atoms with Crippen molar-refractivity contribution in [2.24, 2.45) is 0 Å². The van der Waals surface area contributed by atoms with Crippen LogP contribution >= 0.6 is 11.3 Å². The van der Waals surface area contributed by atoms with Crippen LogP contribution in [0.25, 0.3) is 0 Å². The molecule has 4 nitrogen and oxygen atoms in total. The van der Waals surface area contributed by atoms with Crippen LogP contribution in [0.4, 0.5) is 0 Å². The van der Waals surface area contributed by atoms with Crippen LogP contribution in [0.3, 0.4) is 0 Å². The van der Waals surface area contributed by atoms with E-state index in [9.17, 15) is 9.59 Å². The second-order valence-corrected chi connectivity index (χ2v) is 7.58. The average Bonchev–Trinajstić information content (AvgIpc) is 3.21. The van der Waals surface area contributed by atoms with Crippen molar-refractivity contribution < 1.29 is 14.3 Å². The molecule has 0 aliphatic carbocycles. The van der Waals surface area contributed by atoms with Gasteiger partial charge in [0, 0.05) is 28.5 Å². The first-order chi connectivity index (χ1) is 12.6. The molecule has 0 bridgehead atoms. The summed E-state index contributed by atoms with van der Waals surface area (Å²) in [5.74, 6) is -0.715. The Kier molecular flexibility index (Phi) is 4.24. The minimum absolute atomic E-state index is 0.0249. The number of hydrogen-bond acceptors (Lipinski definition) is 5. The summed E-state index contributed by atoms with van der Waals surface area (Å²) in [5, 5.41) is 5.23. The van der Waals surface area contributed by atoms with Crippen LogP contribution in [-0.2, 0) is 20.7 Å². The molecule has 2 aromatic rings. The van der Waals surface area contributed by atoms with Gasteiger partial charge < -0.3 is 10.1 Å². The first-order valence-electron chi connectivity index (χ1n) is 8.55. The molecule has 0 saturated heterocycles. The molecule has 2 aliphatic heterocycles. The first-order valence-corrected chi connectivity index (χ1v) is 9.43. The standard InChI is InChI=1S/C21H19NO3S/c1-12-18(13(2)23)19(20-16(22-12)11-25-21(20)24)15-8-9-26-17(15)10-14-6-4-3-5-7-14/h3-9,19,22H,10-11H2,1-2H3. The molecule has 0 radical (unpaired) electrons. The lowest BCUT2D eigenvalue weighted by Crippen LogP contribution is -2.28. The van der Waals surface area contributed by atoms with Gasteiger partial charge in [-0.3, -0.25) is 4.79 Å². The van der Waals surface area contributed by atoms with Gasteiger partial charge in [-0.15, -0.1) is 11.3 Å². The Bertz CT molecular complexity index is 951. The van der Waals surface area contributed by atoms with Crippen molar-refractivity contribution in [3.05, 3.63) is 80.3 Å². The Morgan fingerprint density at radius 3 is 2.77 bits per heavy atom. The Labute approximate surface area is 156 Å². The van der Waals surface area contributed by atoms with Gasteiger partial charge in [-0.2, -0.15) is 0 Å². The second-order valence-electron chi connectivity index (χ2n) is 6.58. The number of dihydropyridines is 1. The number of cyclic esters (lactones) is 1. The number of rotatable bonds is 4. The molecule has 4 rings (SSSR count).